The molecule has 0 saturated carbocycles. The summed E-state index contributed by atoms with van der Waals surface area (Å²) in [4.78, 5) is 10.2. The van der Waals surface area contributed by atoms with Crippen molar-refractivity contribution in [3.63, 3.8) is 0 Å². The standard InChI is InChI=1S/C12H18O2/c1-12(2)8-7-10(9-12)5-3-4-6-11(13)14/h3,5,7H,4,6,8-9H2,1-2H3,(H,13,14)/b5-3+. The Kier molecular flexibility index (Phi) is 3.50. The van der Waals surface area contributed by atoms with Gasteiger partial charge in [0.15, 0.2) is 0 Å². The van der Waals surface area contributed by atoms with Crippen molar-refractivity contribution < 1.29 is 9.90 Å². The van der Waals surface area contributed by atoms with Gasteiger partial charge in [0.05, 0.1) is 0 Å². The fraction of sp³-hybridized carbons (Fsp3) is 0.583. The first-order chi connectivity index (χ1) is 6.49. The van der Waals surface area contributed by atoms with Crippen LogP contribution in [0.1, 0.15) is 39.5 Å². The molecule has 78 valence electrons. The van der Waals surface area contributed by atoms with Crippen molar-refractivity contribution in [2.75, 3.05) is 0 Å². The Morgan fingerprint density at radius 2 is 2.36 bits per heavy atom. The predicted octanol–water partition coefficient (Wildman–Crippen LogP) is 3.15. The SMILES string of the molecule is CC1(C)CC=C(/C=C/CCC(=O)O)C1. The molecule has 0 aromatic rings. The van der Waals surface area contributed by atoms with Crippen molar-refractivity contribution in [3.05, 3.63) is 23.8 Å². The van der Waals surface area contributed by atoms with Crippen LogP contribution >= 0.6 is 0 Å². The van der Waals surface area contributed by atoms with Crippen molar-refractivity contribution in [2.45, 2.75) is 39.5 Å². The summed E-state index contributed by atoms with van der Waals surface area (Å²) in [5.74, 6) is -0.726. The maximum absolute atomic E-state index is 10.2. The minimum absolute atomic E-state index is 0.229. The molecule has 1 aliphatic carbocycles. The molecule has 0 radical (unpaired) electrons. The number of carbonyl (C=O) groups is 1. The second kappa shape index (κ2) is 4.45. The highest BCUT2D eigenvalue weighted by molar-refractivity contribution is 5.66. The Bertz CT molecular complexity index is 272. The summed E-state index contributed by atoms with van der Waals surface area (Å²) in [6.07, 6.45) is 9.37. The molecule has 0 bridgehead atoms. The minimum atomic E-state index is -0.726. The van der Waals surface area contributed by atoms with Crippen molar-refractivity contribution in [1.82, 2.24) is 0 Å². The lowest BCUT2D eigenvalue weighted by atomic mass is 9.89. The van der Waals surface area contributed by atoms with Crippen LogP contribution in [0, 0.1) is 5.41 Å². The van der Waals surface area contributed by atoms with Gasteiger partial charge in [-0.15, -0.1) is 0 Å². The quantitative estimate of drug-likeness (QED) is 0.746. The van der Waals surface area contributed by atoms with Gasteiger partial charge in [0.2, 0.25) is 0 Å². The van der Waals surface area contributed by atoms with E-state index in [1.54, 1.807) is 0 Å². The predicted molar refractivity (Wildman–Crippen MR) is 57.1 cm³/mol. The zero-order chi connectivity index (χ0) is 10.6. The van der Waals surface area contributed by atoms with E-state index in [9.17, 15) is 4.79 Å². The van der Waals surface area contributed by atoms with Crippen LogP contribution in [0.15, 0.2) is 23.8 Å². The second-order valence-corrected chi connectivity index (χ2v) is 4.66. The Morgan fingerprint density at radius 1 is 1.64 bits per heavy atom. The zero-order valence-electron chi connectivity index (χ0n) is 8.92. The molecule has 0 saturated heterocycles. The Balaban J connectivity index is 2.29. The van der Waals surface area contributed by atoms with Gasteiger partial charge in [-0.1, -0.05) is 37.6 Å². The van der Waals surface area contributed by atoms with E-state index in [0.717, 1.165) is 12.8 Å². The lowest BCUT2D eigenvalue weighted by Crippen LogP contribution is -2.04. The average Bonchev–Trinajstić information content (AvgIpc) is 2.39. The minimum Gasteiger partial charge on any atom is -0.481 e. The van der Waals surface area contributed by atoms with Crippen LogP contribution in [0.25, 0.3) is 0 Å². The summed E-state index contributed by atoms with van der Waals surface area (Å²) >= 11 is 0. The number of carboxylic acids is 1. The van der Waals surface area contributed by atoms with Crippen LogP contribution in [0.5, 0.6) is 0 Å². The fourth-order valence-corrected chi connectivity index (χ4v) is 1.67. The molecule has 1 aliphatic rings. The third-order valence-corrected chi connectivity index (χ3v) is 2.46. The normalized spacial score (nSPS) is 20.0. The highest BCUT2D eigenvalue weighted by atomic mass is 16.4. The molecule has 0 heterocycles. The highest BCUT2D eigenvalue weighted by Gasteiger charge is 2.22. The van der Waals surface area contributed by atoms with E-state index in [0.29, 0.717) is 11.8 Å². The van der Waals surface area contributed by atoms with Crippen LogP contribution in [-0.4, -0.2) is 11.1 Å². The largest absolute Gasteiger partial charge is 0.481 e. The third-order valence-electron chi connectivity index (χ3n) is 2.46. The number of carboxylic acid groups (broad SMARTS) is 1. The van der Waals surface area contributed by atoms with Gasteiger partial charge in [0, 0.05) is 6.42 Å². The van der Waals surface area contributed by atoms with Crippen LogP contribution < -0.4 is 0 Å². The topological polar surface area (TPSA) is 37.3 Å². The molecule has 14 heavy (non-hydrogen) atoms. The van der Waals surface area contributed by atoms with Crippen molar-refractivity contribution in [2.24, 2.45) is 5.41 Å². The molecule has 0 amide bonds. The van der Waals surface area contributed by atoms with Gasteiger partial charge < -0.3 is 5.11 Å². The number of hydrogen-bond donors (Lipinski definition) is 1. The second-order valence-electron chi connectivity index (χ2n) is 4.66. The van der Waals surface area contributed by atoms with Crippen LogP contribution in [0.3, 0.4) is 0 Å². The van der Waals surface area contributed by atoms with E-state index in [4.69, 9.17) is 5.11 Å². The third kappa shape index (κ3) is 3.77. The zero-order valence-corrected chi connectivity index (χ0v) is 8.92. The molecule has 1 rings (SSSR count). The maximum atomic E-state index is 10.2. The molecule has 0 atom stereocenters. The van der Waals surface area contributed by atoms with Gasteiger partial charge in [-0.2, -0.15) is 0 Å². The molecule has 2 nitrogen and oxygen atoms in total. The molecular formula is C12H18O2. The van der Waals surface area contributed by atoms with E-state index >= 15 is 0 Å². The van der Waals surface area contributed by atoms with Crippen molar-refractivity contribution in [3.8, 4) is 0 Å². The van der Waals surface area contributed by atoms with Gasteiger partial charge in [0.1, 0.15) is 0 Å². The Morgan fingerprint density at radius 3 is 2.86 bits per heavy atom. The lowest BCUT2D eigenvalue weighted by molar-refractivity contribution is -0.136. The van der Waals surface area contributed by atoms with E-state index < -0.39 is 5.97 Å². The van der Waals surface area contributed by atoms with Crippen LogP contribution in [-0.2, 0) is 4.79 Å². The first-order valence-electron chi connectivity index (χ1n) is 5.07. The summed E-state index contributed by atoms with van der Waals surface area (Å²) in [6.45, 7) is 4.50. The van der Waals surface area contributed by atoms with Crippen LogP contribution in [0.4, 0.5) is 0 Å². The van der Waals surface area contributed by atoms with E-state index in [2.05, 4.69) is 26.0 Å². The smallest absolute Gasteiger partial charge is 0.303 e. The molecule has 1 N–H and O–H groups in total. The highest BCUT2D eigenvalue weighted by Crippen LogP contribution is 2.36. The van der Waals surface area contributed by atoms with E-state index in [1.807, 2.05) is 6.08 Å². The van der Waals surface area contributed by atoms with Crippen molar-refractivity contribution in [1.29, 1.82) is 0 Å². The van der Waals surface area contributed by atoms with Gasteiger partial charge in [-0.05, 0) is 24.7 Å². The Labute approximate surface area is 85.3 Å². The number of hydrogen-bond acceptors (Lipinski definition) is 1. The lowest BCUT2D eigenvalue weighted by Gasteiger charge is -2.15. The molecule has 0 fully saturated rings. The van der Waals surface area contributed by atoms with E-state index in [-0.39, 0.29) is 6.42 Å². The van der Waals surface area contributed by atoms with Gasteiger partial charge in [-0.3, -0.25) is 4.79 Å². The monoisotopic (exact) mass is 194 g/mol. The molecule has 0 aromatic carbocycles. The molecule has 0 aliphatic heterocycles. The summed E-state index contributed by atoms with van der Waals surface area (Å²) in [6, 6.07) is 0. The first kappa shape index (κ1) is 11.0. The summed E-state index contributed by atoms with van der Waals surface area (Å²) < 4.78 is 0. The van der Waals surface area contributed by atoms with Gasteiger partial charge in [0.25, 0.3) is 0 Å². The molecule has 0 unspecified atom stereocenters. The fourth-order valence-electron chi connectivity index (χ4n) is 1.67. The molecule has 0 aromatic heterocycles. The number of aliphatic carboxylic acids is 1. The summed E-state index contributed by atoms with van der Waals surface area (Å²) in [5, 5.41) is 8.44. The first-order valence-corrected chi connectivity index (χ1v) is 5.07. The Hall–Kier alpha value is -1.05. The van der Waals surface area contributed by atoms with Gasteiger partial charge in [-0.25, -0.2) is 0 Å². The van der Waals surface area contributed by atoms with E-state index in [1.165, 1.54) is 5.57 Å². The van der Waals surface area contributed by atoms with Gasteiger partial charge >= 0.3 is 5.97 Å². The molecule has 2 heteroatoms. The summed E-state index contributed by atoms with van der Waals surface area (Å²) in [7, 11) is 0. The molecule has 0 spiro atoms. The number of rotatable bonds is 4. The molecular weight excluding hydrogens is 176 g/mol. The summed E-state index contributed by atoms with van der Waals surface area (Å²) in [5.41, 5.74) is 1.74. The van der Waals surface area contributed by atoms with Crippen molar-refractivity contribution >= 4 is 5.97 Å². The number of allylic oxidation sites excluding steroid dienone is 4. The maximum Gasteiger partial charge on any atom is 0.303 e. The average molecular weight is 194 g/mol. The van der Waals surface area contributed by atoms with Crippen LogP contribution in [0.2, 0.25) is 0 Å².